The Morgan fingerprint density at radius 1 is 1.47 bits per heavy atom. The molecule has 0 bridgehead atoms. The molecule has 2 saturated heterocycles. The molecule has 2 fully saturated rings. The van der Waals surface area contributed by atoms with Crippen LogP contribution in [0.25, 0.3) is 0 Å². The lowest BCUT2D eigenvalue weighted by molar-refractivity contribution is 0.0745. The van der Waals surface area contributed by atoms with Crippen molar-refractivity contribution in [2.24, 2.45) is 11.8 Å². The van der Waals surface area contributed by atoms with Crippen LogP contribution in [0.2, 0.25) is 0 Å². The van der Waals surface area contributed by atoms with Crippen LogP contribution in [0, 0.1) is 11.8 Å². The third kappa shape index (κ3) is 1.70. The van der Waals surface area contributed by atoms with Gasteiger partial charge in [-0.25, -0.2) is 0 Å². The molecule has 1 amide bonds. The van der Waals surface area contributed by atoms with Gasteiger partial charge in [0.1, 0.15) is 0 Å². The number of nitrogens with one attached hydrogen (secondary N) is 1. The summed E-state index contributed by atoms with van der Waals surface area (Å²) in [6, 6.07) is 1.67. The summed E-state index contributed by atoms with van der Waals surface area (Å²) >= 11 is 0. The van der Waals surface area contributed by atoms with Gasteiger partial charge in [0.05, 0.1) is 13.4 Å². The highest BCUT2D eigenvalue weighted by Crippen LogP contribution is 2.29. The Kier molecular flexibility index (Phi) is 2.55. The largest absolute Gasteiger partial charge is 0.493 e. The first kappa shape index (κ1) is 10.7. The SMILES string of the molecule is COc1ccoc1C(=O)N1CC2CNCC2C1. The number of ether oxygens (including phenoxy) is 1. The van der Waals surface area contributed by atoms with E-state index in [0.717, 1.165) is 26.2 Å². The molecule has 2 aliphatic heterocycles. The van der Waals surface area contributed by atoms with Gasteiger partial charge in [0.15, 0.2) is 5.75 Å². The maximum absolute atomic E-state index is 12.3. The fourth-order valence-corrected chi connectivity index (χ4v) is 2.78. The van der Waals surface area contributed by atoms with Gasteiger partial charge in [0.25, 0.3) is 5.91 Å². The molecule has 1 aromatic heterocycles. The van der Waals surface area contributed by atoms with E-state index in [1.807, 2.05) is 4.90 Å². The number of carbonyl (C=O) groups excluding carboxylic acids is 1. The molecule has 0 spiro atoms. The van der Waals surface area contributed by atoms with Gasteiger partial charge >= 0.3 is 0 Å². The Balaban J connectivity index is 1.75. The van der Waals surface area contributed by atoms with Crippen molar-refractivity contribution in [3.8, 4) is 5.75 Å². The summed E-state index contributed by atoms with van der Waals surface area (Å²) in [5.41, 5.74) is 0. The number of hydrogen-bond acceptors (Lipinski definition) is 4. The van der Waals surface area contributed by atoms with E-state index in [-0.39, 0.29) is 5.91 Å². The van der Waals surface area contributed by atoms with Crippen LogP contribution in [0.1, 0.15) is 10.6 Å². The van der Waals surface area contributed by atoms with Gasteiger partial charge in [-0.1, -0.05) is 0 Å². The zero-order chi connectivity index (χ0) is 11.8. The summed E-state index contributed by atoms with van der Waals surface area (Å²) in [7, 11) is 1.55. The number of furan rings is 1. The van der Waals surface area contributed by atoms with Crippen molar-refractivity contribution in [1.29, 1.82) is 0 Å². The van der Waals surface area contributed by atoms with Crippen molar-refractivity contribution >= 4 is 5.91 Å². The Morgan fingerprint density at radius 2 is 2.18 bits per heavy atom. The number of amides is 1. The van der Waals surface area contributed by atoms with Crippen LogP contribution in [-0.2, 0) is 0 Å². The molecule has 0 radical (unpaired) electrons. The topological polar surface area (TPSA) is 54.7 Å². The Hall–Kier alpha value is -1.49. The normalized spacial score (nSPS) is 27.2. The maximum atomic E-state index is 12.3. The molecular weight excluding hydrogens is 220 g/mol. The second kappa shape index (κ2) is 4.07. The van der Waals surface area contributed by atoms with E-state index in [1.54, 1.807) is 13.2 Å². The molecule has 1 aromatic rings. The standard InChI is InChI=1S/C12H16N2O3/c1-16-10-2-3-17-11(10)12(15)14-6-8-4-13-5-9(8)7-14/h2-3,8-9,13H,4-7H2,1H3. The molecule has 92 valence electrons. The molecule has 3 heterocycles. The lowest BCUT2D eigenvalue weighted by Gasteiger charge is -2.16. The van der Waals surface area contributed by atoms with Crippen molar-refractivity contribution in [3.05, 3.63) is 18.1 Å². The molecule has 2 aliphatic rings. The molecule has 1 N–H and O–H groups in total. The highest BCUT2D eigenvalue weighted by atomic mass is 16.5. The average Bonchev–Trinajstić information content (AvgIpc) is 3.02. The quantitative estimate of drug-likeness (QED) is 0.816. The predicted octanol–water partition coefficient (Wildman–Crippen LogP) is 0.580. The molecule has 2 unspecified atom stereocenters. The van der Waals surface area contributed by atoms with E-state index in [4.69, 9.17) is 9.15 Å². The second-order valence-corrected chi connectivity index (χ2v) is 4.71. The third-order valence-electron chi connectivity index (χ3n) is 3.72. The summed E-state index contributed by atoms with van der Waals surface area (Å²) in [6.07, 6.45) is 1.49. The number of methoxy groups -OCH3 is 1. The monoisotopic (exact) mass is 236 g/mol. The lowest BCUT2D eigenvalue weighted by Crippen LogP contribution is -2.31. The summed E-state index contributed by atoms with van der Waals surface area (Å²) in [4.78, 5) is 14.1. The molecule has 2 atom stereocenters. The lowest BCUT2D eigenvalue weighted by atomic mass is 10.0. The zero-order valence-electron chi connectivity index (χ0n) is 9.81. The van der Waals surface area contributed by atoms with E-state index in [9.17, 15) is 4.79 Å². The number of carbonyl (C=O) groups is 1. The average molecular weight is 236 g/mol. The van der Waals surface area contributed by atoms with Crippen LogP contribution in [0.5, 0.6) is 5.75 Å². The Bertz CT molecular complexity index is 417. The van der Waals surface area contributed by atoms with Gasteiger partial charge in [-0.05, 0) is 11.8 Å². The van der Waals surface area contributed by atoms with E-state index in [2.05, 4.69) is 5.32 Å². The van der Waals surface area contributed by atoms with Crippen LogP contribution >= 0.6 is 0 Å². The first-order valence-electron chi connectivity index (χ1n) is 5.91. The smallest absolute Gasteiger partial charge is 0.293 e. The van der Waals surface area contributed by atoms with Crippen LogP contribution in [0.3, 0.4) is 0 Å². The summed E-state index contributed by atoms with van der Waals surface area (Å²) in [5, 5.41) is 3.35. The minimum Gasteiger partial charge on any atom is -0.493 e. The number of fused-ring (bicyclic) bond motifs is 1. The summed E-state index contributed by atoms with van der Waals surface area (Å²) in [5.74, 6) is 1.98. The zero-order valence-corrected chi connectivity index (χ0v) is 9.81. The van der Waals surface area contributed by atoms with Crippen molar-refractivity contribution in [2.75, 3.05) is 33.3 Å². The molecule has 3 rings (SSSR count). The van der Waals surface area contributed by atoms with Crippen LogP contribution in [0.4, 0.5) is 0 Å². The second-order valence-electron chi connectivity index (χ2n) is 4.71. The van der Waals surface area contributed by atoms with E-state index in [1.165, 1.54) is 6.26 Å². The van der Waals surface area contributed by atoms with Crippen molar-refractivity contribution < 1.29 is 13.9 Å². The predicted molar refractivity (Wildman–Crippen MR) is 61.0 cm³/mol. The van der Waals surface area contributed by atoms with Crippen LogP contribution < -0.4 is 10.1 Å². The maximum Gasteiger partial charge on any atom is 0.293 e. The minimum atomic E-state index is -0.0544. The van der Waals surface area contributed by atoms with Crippen molar-refractivity contribution in [1.82, 2.24) is 10.2 Å². The number of rotatable bonds is 2. The van der Waals surface area contributed by atoms with Crippen molar-refractivity contribution in [3.63, 3.8) is 0 Å². The number of hydrogen-bond donors (Lipinski definition) is 1. The fourth-order valence-electron chi connectivity index (χ4n) is 2.78. The molecule has 5 nitrogen and oxygen atoms in total. The first-order valence-corrected chi connectivity index (χ1v) is 5.91. The van der Waals surface area contributed by atoms with Gasteiger partial charge in [0, 0.05) is 32.2 Å². The molecule has 0 saturated carbocycles. The Labute approximate surface area is 99.7 Å². The minimum absolute atomic E-state index is 0.0544. The van der Waals surface area contributed by atoms with Gasteiger partial charge in [-0.2, -0.15) is 0 Å². The number of nitrogens with zero attached hydrogens (tertiary/aromatic N) is 1. The highest BCUT2D eigenvalue weighted by molar-refractivity contribution is 5.94. The molecule has 5 heteroatoms. The van der Waals surface area contributed by atoms with Crippen LogP contribution in [0.15, 0.2) is 16.7 Å². The molecular formula is C12H16N2O3. The molecule has 0 aliphatic carbocycles. The van der Waals surface area contributed by atoms with Gasteiger partial charge in [0.2, 0.25) is 5.76 Å². The fraction of sp³-hybridized carbons (Fsp3) is 0.583. The molecule has 0 aromatic carbocycles. The van der Waals surface area contributed by atoms with Gasteiger partial charge in [-0.3, -0.25) is 4.79 Å². The van der Waals surface area contributed by atoms with Gasteiger partial charge in [-0.15, -0.1) is 0 Å². The van der Waals surface area contributed by atoms with E-state index >= 15 is 0 Å². The Morgan fingerprint density at radius 3 is 2.82 bits per heavy atom. The summed E-state index contributed by atoms with van der Waals surface area (Å²) in [6.45, 7) is 3.67. The van der Waals surface area contributed by atoms with E-state index < -0.39 is 0 Å². The number of likely N-dealkylation sites (tertiary alicyclic amines) is 1. The molecule has 17 heavy (non-hydrogen) atoms. The van der Waals surface area contributed by atoms with E-state index in [0.29, 0.717) is 23.3 Å². The van der Waals surface area contributed by atoms with Crippen molar-refractivity contribution in [2.45, 2.75) is 0 Å². The van der Waals surface area contributed by atoms with Gasteiger partial charge < -0.3 is 19.4 Å². The highest BCUT2D eigenvalue weighted by Gasteiger charge is 2.39. The third-order valence-corrected chi connectivity index (χ3v) is 3.72. The first-order chi connectivity index (χ1) is 8.29. The summed E-state index contributed by atoms with van der Waals surface area (Å²) < 4.78 is 10.3. The van der Waals surface area contributed by atoms with Crippen LogP contribution in [-0.4, -0.2) is 44.1 Å².